The molecule has 1 atom stereocenters. The largest absolute Gasteiger partial charge is 0.347 e. The van der Waals surface area contributed by atoms with Gasteiger partial charge >= 0.3 is 0 Å². The van der Waals surface area contributed by atoms with E-state index in [0.717, 1.165) is 4.47 Å². The molecule has 0 aromatic carbocycles. The molecule has 1 heterocycles. The van der Waals surface area contributed by atoms with Crippen molar-refractivity contribution in [3.8, 4) is 0 Å². The van der Waals surface area contributed by atoms with Crippen LogP contribution in [0.15, 0.2) is 22.8 Å². The third-order valence-corrected chi connectivity index (χ3v) is 2.55. The maximum absolute atomic E-state index is 11.5. The van der Waals surface area contributed by atoms with Crippen molar-refractivity contribution in [1.29, 1.82) is 0 Å². The minimum atomic E-state index is -0.710. The topological polar surface area (TPSA) is 33.2 Å². The van der Waals surface area contributed by atoms with Crippen molar-refractivity contribution in [3.63, 3.8) is 0 Å². The number of nitrogens with zero attached hydrogens (tertiary/aromatic N) is 2. The standard InChI is InChI=1S/C9H10BrClN2O/c1-13(2)9(14)8(11)7-4-3-6(10)5-12-7/h3-5,8H,1-2H3. The molecule has 0 saturated carbocycles. The number of halogens is 2. The van der Waals surface area contributed by atoms with Gasteiger partial charge in [-0.15, -0.1) is 11.6 Å². The van der Waals surface area contributed by atoms with Crippen molar-refractivity contribution in [2.45, 2.75) is 5.38 Å². The fraction of sp³-hybridized carbons (Fsp3) is 0.333. The van der Waals surface area contributed by atoms with E-state index < -0.39 is 5.38 Å². The average molecular weight is 278 g/mol. The first kappa shape index (κ1) is 11.5. The van der Waals surface area contributed by atoms with Gasteiger partial charge in [0.15, 0.2) is 5.38 Å². The average Bonchev–Trinajstić information content (AvgIpc) is 2.16. The number of carbonyl (C=O) groups excluding carboxylic acids is 1. The summed E-state index contributed by atoms with van der Waals surface area (Å²) in [7, 11) is 3.33. The maximum Gasteiger partial charge on any atom is 0.246 e. The molecule has 14 heavy (non-hydrogen) atoms. The molecule has 1 rings (SSSR count). The molecule has 5 heteroatoms. The Hall–Kier alpha value is -0.610. The number of hydrogen-bond acceptors (Lipinski definition) is 2. The second kappa shape index (κ2) is 4.75. The lowest BCUT2D eigenvalue weighted by atomic mass is 10.2. The van der Waals surface area contributed by atoms with Gasteiger partial charge in [0.25, 0.3) is 0 Å². The summed E-state index contributed by atoms with van der Waals surface area (Å²) >= 11 is 9.19. The zero-order valence-corrected chi connectivity index (χ0v) is 10.2. The molecule has 0 radical (unpaired) electrons. The summed E-state index contributed by atoms with van der Waals surface area (Å²) in [4.78, 5) is 17.0. The van der Waals surface area contributed by atoms with Gasteiger partial charge in [0, 0.05) is 24.8 Å². The van der Waals surface area contributed by atoms with Crippen LogP contribution in [-0.2, 0) is 4.79 Å². The highest BCUT2D eigenvalue weighted by molar-refractivity contribution is 9.10. The van der Waals surface area contributed by atoms with Crippen LogP contribution in [0.4, 0.5) is 0 Å². The highest BCUT2D eigenvalue weighted by Gasteiger charge is 2.20. The first-order valence-electron chi connectivity index (χ1n) is 3.99. The van der Waals surface area contributed by atoms with Crippen LogP contribution in [0.25, 0.3) is 0 Å². The van der Waals surface area contributed by atoms with Gasteiger partial charge in [-0.25, -0.2) is 0 Å². The Morgan fingerprint density at radius 3 is 2.64 bits per heavy atom. The number of hydrogen-bond donors (Lipinski definition) is 0. The molecule has 3 nitrogen and oxygen atoms in total. The van der Waals surface area contributed by atoms with Crippen LogP contribution in [0.5, 0.6) is 0 Å². The summed E-state index contributed by atoms with van der Waals surface area (Å²) in [5.74, 6) is -0.165. The first-order chi connectivity index (χ1) is 6.52. The molecule has 76 valence electrons. The molecule has 0 saturated heterocycles. The summed E-state index contributed by atoms with van der Waals surface area (Å²) in [5.41, 5.74) is 0.563. The number of alkyl halides is 1. The molecular weight excluding hydrogens is 267 g/mol. The van der Waals surface area contributed by atoms with Crippen molar-refractivity contribution < 1.29 is 4.79 Å². The Labute approximate surface area is 96.2 Å². The summed E-state index contributed by atoms with van der Waals surface area (Å²) in [6.45, 7) is 0. The molecular formula is C9H10BrClN2O. The van der Waals surface area contributed by atoms with E-state index in [4.69, 9.17) is 11.6 Å². The van der Waals surface area contributed by atoms with Gasteiger partial charge in [0.2, 0.25) is 5.91 Å². The summed E-state index contributed by atoms with van der Waals surface area (Å²) < 4.78 is 0.863. The monoisotopic (exact) mass is 276 g/mol. The summed E-state index contributed by atoms with van der Waals surface area (Å²) in [6.07, 6.45) is 1.62. The van der Waals surface area contributed by atoms with Crippen LogP contribution < -0.4 is 0 Å². The Morgan fingerprint density at radius 2 is 2.21 bits per heavy atom. The molecule has 0 spiro atoms. The van der Waals surface area contributed by atoms with Crippen molar-refractivity contribution in [1.82, 2.24) is 9.88 Å². The SMILES string of the molecule is CN(C)C(=O)C(Cl)c1ccc(Br)cn1. The van der Waals surface area contributed by atoms with Crippen molar-refractivity contribution in [3.05, 3.63) is 28.5 Å². The Morgan fingerprint density at radius 1 is 1.57 bits per heavy atom. The van der Waals surface area contributed by atoms with Crippen molar-refractivity contribution in [2.75, 3.05) is 14.1 Å². The van der Waals surface area contributed by atoms with Crippen LogP contribution in [0.3, 0.4) is 0 Å². The van der Waals surface area contributed by atoms with Gasteiger partial charge < -0.3 is 4.90 Å². The molecule has 0 aliphatic rings. The number of amides is 1. The minimum absolute atomic E-state index is 0.165. The fourth-order valence-corrected chi connectivity index (χ4v) is 1.45. The maximum atomic E-state index is 11.5. The lowest BCUT2D eigenvalue weighted by molar-refractivity contribution is -0.128. The van der Waals surface area contributed by atoms with Crippen LogP contribution in [0.1, 0.15) is 11.1 Å². The normalized spacial score (nSPS) is 12.3. The highest BCUT2D eigenvalue weighted by atomic mass is 79.9. The number of rotatable bonds is 2. The second-order valence-corrected chi connectivity index (χ2v) is 4.35. The quantitative estimate of drug-likeness (QED) is 0.777. The van der Waals surface area contributed by atoms with Crippen LogP contribution in [-0.4, -0.2) is 29.9 Å². The smallest absolute Gasteiger partial charge is 0.246 e. The van der Waals surface area contributed by atoms with E-state index in [9.17, 15) is 4.79 Å². The third-order valence-electron chi connectivity index (χ3n) is 1.67. The molecule has 0 bridgehead atoms. The summed E-state index contributed by atoms with van der Waals surface area (Å²) in [5, 5.41) is -0.710. The number of likely N-dealkylation sites (N-methyl/N-ethyl adjacent to an activating group) is 1. The van der Waals surface area contributed by atoms with E-state index >= 15 is 0 Å². The number of pyridine rings is 1. The first-order valence-corrected chi connectivity index (χ1v) is 5.22. The Kier molecular flexibility index (Phi) is 3.89. The molecule has 1 aromatic heterocycles. The van der Waals surface area contributed by atoms with E-state index in [0.29, 0.717) is 5.69 Å². The van der Waals surface area contributed by atoms with Gasteiger partial charge in [0.1, 0.15) is 0 Å². The van der Waals surface area contributed by atoms with E-state index in [1.807, 2.05) is 0 Å². The van der Waals surface area contributed by atoms with E-state index in [-0.39, 0.29) is 5.91 Å². The third kappa shape index (κ3) is 2.69. The predicted octanol–water partition coefficient (Wildman–Crippen LogP) is 2.21. The molecule has 0 N–H and O–H groups in total. The number of carbonyl (C=O) groups is 1. The molecule has 1 amide bonds. The Bertz CT molecular complexity index is 326. The van der Waals surface area contributed by atoms with Gasteiger partial charge in [-0.05, 0) is 28.1 Å². The molecule has 1 unspecified atom stereocenters. The zero-order valence-electron chi connectivity index (χ0n) is 7.87. The lowest BCUT2D eigenvalue weighted by Gasteiger charge is -2.14. The highest BCUT2D eigenvalue weighted by Crippen LogP contribution is 2.21. The van der Waals surface area contributed by atoms with Crippen LogP contribution in [0.2, 0.25) is 0 Å². The van der Waals surface area contributed by atoms with Gasteiger partial charge in [0.05, 0.1) is 5.69 Å². The molecule has 1 aromatic rings. The zero-order chi connectivity index (χ0) is 10.7. The van der Waals surface area contributed by atoms with Crippen LogP contribution >= 0.6 is 27.5 Å². The summed E-state index contributed by atoms with van der Waals surface area (Å²) in [6, 6.07) is 3.53. The van der Waals surface area contributed by atoms with Gasteiger partial charge in [-0.3, -0.25) is 9.78 Å². The van der Waals surface area contributed by atoms with E-state index in [1.165, 1.54) is 4.90 Å². The van der Waals surface area contributed by atoms with E-state index in [2.05, 4.69) is 20.9 Å². The predicted molar refractivity (Wildman–Crippen MR) is 59.2 cm³/mol. The van der Waals surface area contributed by atoms with Crippen molar-refractivity contribution >= 4 is 33.4 Å². The van der Waals surface area contributed by atoms with Crippen molar-refractivity contribution in [2.24, 2.45) is 0 Å². The fourth-order valence-electron chi connectivity index (χ4n) is 0.890. The molecule has 0 fully saturated rings. The lowest BCUT2D eigenvalue weighted by Crippen LogP contribution is -2.25. The Balaban J connectivity index is 2.84. The molecule has 0 aliphatic carbocycles. The number of aromatic nitrogens is 1. The van der Waals surface area contributed by atoms with Gasteiger partial charge in [-0.1, -0.05) is 0 Å². The van der Waals surface area contributed by atoms with Gasteiger partial charge in [-0.2, -0.15) is 0 Å². The van der Waals surface area contributed by atoms with Crippen LogP contribution in [0, 0.1) is 0 Å². The molecule has 0 aliphatic heterocycles. The van der Waals surface area contributed by atoms with E-state index in [1.54, 1.807) is 32.4 Å². The second-order valence-electron chi connectivity index (χ2n) is 3.00. The minimum Gasteiger partial charge on any atom is -0.347 e.